The number of hydrogen-bond acceptors (Lipinski definition) is 3. The van der Waals surface area contributed by atoms with Gasteiger partial charge in [0, 0.05) is 11.5 Å². The number of thioether (sulfide) groups is 1. The van der Waals surface area contributed by atoms with E-state index in [-0.39, 0.29) is 12.3 Å². The van der Waals surface area contributed by atoms with Crippen LogP contribution >= 0.6 is 11.8 Å². The molecule has 0 spiro atoms. The van der Waals surface area contributed by atoms with Crippen LogP contribution in [-0.4, -0.2) is 33.7 Å². The van der Waals surface area contributed by atoms with Crippen LogP contribution in [0.15, 0.2) is 0 Å². The lowest BCUT2D eigenvalue weighted by atomic mass is 10.0. The summed E-state index contributed by atoms with van der Waals surface area (Å²) in [6, 6.07) is 0. The summed E-state index contributed by atoms with van der Waals surface area (Å²) in [6.45, 7) is 4.61. The lowest BCUT2D eigenvalue weighted by Gasteiger charge is -2.11. The summed E-state index contributed by atoms with van der Waals surface area (Å²) in [5, 5.41) is 17.9. The van der Waals surface area contributed by atoms with E-state index in [2.05, 4.69) is 13.8 Å². The van der Waals surface area contributed by atoms with E-state index >= 15 is 0 Å². The quantitative estimate of drug-likeness (QED) is 0.175. The van der Waals surface area contributed by atoms with Crippen molar-refractivity contribution in [1.82, 2.24) is 0 Å². The van der Waals surface area contributed by atoms with Gasteiger partial charge in [-0.3, -0.25) is 9.59 Å². The molecule has 0 aromatic carbocycles. The Morgan fingerprint density at radius 3 is 1.48 bits per heavy atom. The van der Waals surface area contributed by atoms with E-state index in [9.17, 15) is 14.7 Å². The van der Waals surface area contributed by atoms with Gasteiger partial charge in [-0.2, -0.15) is 11.8 Å². The Bertz CT molecular complexity index is 398. The largest absolute Gasteiger partial charge is 0.481 e. The maximum Gasteiger partial charge on any atom is 0.307 e. The number of carboxylic acids is 2. The molecule has 0 radical (unpaired) electrons. The second kappa shape index (κ2) is 20.6. The van der Waals surface area contributed by atoms with Crippen LogP contribution in [-0.2, 0) is 9.59 Å². The molecule has 0 aliphatic rings. The minimum Gasteiger partial charge on any atom is -0.481 e. The average Bonchev–Trinajstić information content (AvgIpc) is 2.65. The van der Waals surface area contributed by atoms with E-state index < -0.39 is 11.9 Å². The van der Waals surface area contributed by atoms with Crippen LogP contribution in [0.25, 0.3) is 0 Å². The molecular weight excluding hydrogens is 384 g/mol. The highest BCUT2D eigenvalue weighted by molar-refractivity contribution is 7.99. The fraction of sp³-hybridized carbons (Fsp3) is 0.917. The van der Waals surface area contributed by atoms with Gasteiger partial charge in [0.25, 0.3) is 0 Å². The van der Waals surface area contributed by atoms with Crippen molar-refractivity contribution in [2.75, 3.05) is 11.5 Å². The number of carboxylic acid groups (broad SMARTS) is 2. The summed E-state index contributed by atoms with van der Waals surface area (Å²) in [5.41, 5.74) is 0. The predicted molar refractivity (Wildman–Crippen MR) is 125 cm³/mol. The van der Waals surface area contributed by atoms with Gasteiger partial charge in [-0.15, -0.1) is 0 Å². The molecule has 0 aromatic heterocycles. The summed E-state index contributed by atoms with van der Waals surface area (Å²) in [7, 11) is 0. The Kier molecular flexibility index (Phi) is 20.1. The van der Waals surface area contributed by atoms with Crippen LogP contribution in [0.4, 0.5) is 0 Å². The zero-order valence-corrected chi connectivity index (χ0v) is 19.8. The van der Waals surface area contributed by atoms with Crippen LogP contribution in [0, 0.1) is 11.8 Å². The highest BCUT2D eigenvalue weighted by Gasteiger charge is 2.16. The molecular formula is C24H46O4S. The molecule has 0 amide bonds. The van der Waals surface area contributed by atoms with Gasteiger partial charge in [-0.25, -0.2) is 0 Å². The van der Waals surface area contributed by atoms with Crippen LogP contribution in [0.3, 0.4) is 0 Å². The van der Waals surface area contributed by atoms with Crippen LogP contribution in [0.2, 0.25) is 0 Å². The molecule has 4 nitrogen and oxygen atoms in total. The van der Waals surface area contributed by atoms with Crippen LogP contribution in [0.5, 0.6) is 0 Å². The van der Waals surface area contributed by atoms with Crippen LogP contribution < -0.4 is 0 Å². The Balaban J connectivity index is 3.37. The third-order valence-electron chi connectivity index (χ3n) is 5.46. The van der Waals surface area contributed by atoms with Gasteiger partial charge in [0.2, 0.25) is 0 Å². The highest BCUT2D eigenvalue weighted by atomic mass is 32.2. The van der Waals surface area contributed by atoms with Crippen molar-refractivity contribution in [1.29, 1.82) is 0 Å². The molecule has 2 N–H and O–H groups in total. The van der Waals surface area contributed by atoms with Gasteiger partial charge in [0.05, 0.1) is 12.3 Å². The third kappa shape index (κ3) is 21.8. The van der Waals surface area contributed by atoms with Crippen molar-refractivity contribution in [3.8, 4) is 0 Å². The summed E-state index contributed by atoms with van der Waals surface area (Å²) < 4.78 is 0. The van der Waals surface area contributed by atoms with Crippen molar-refractivity contribution >= 4 is 23.7 Å². The maximum atomic E-state index is 11.3. The third-order valence-corrected chi connectivity index (χ3v) is 6.59. The first-order valence-electron chi connectivity index (χ1n) is 12.0. The van der Waals surface area contributed by atoms with Crippen LogP contribution in [0.1, 0.15) is 117 Å². The van der Waals surface area contributed by atoms with Gasteiger partial charge in [0.1, 0.15) is 0 Å². The molecule has 5 heteroatoms. The monoisotopic (exact) mass is 430 g/mol. The fourth-order valence-corrected chi connectivity index (χ4v) is 4.63. The topological polar surface area (TPSA) is 74.6 Å². The first kappa shape index (κ1) is 28.3. The fourth-order valence-electron chi connectivity index (χ4n) is 3.55. The second-order valence-electron chi connectivity index (χ2n) is 8.82. The van der Waals surface area contributed by atoms with Gasteiger partial charge in [0.15, 0.2) is 0 Å². The van der Waals surface area contributed by atoms with Crippen molar-refractivity contribution in [2.45, 2.75) is 117 Å². The first-order valence-corrected chi connectivity index (χ1v) is 13.1. The zero-order valence-electron chi connectivity index (χ0n) is 19.0. The number of carbonyl (C=O) groups is 2. The normalized spacial score (nSPS) is 12.4. The minimum absolute atomic E-state index is 0.106. The molecule has 0 saturated carbocycles. The van der Waals surface area contributed by atoms with Crippen molar-refractivity contribution < 1.29 is 19.8 Å². The molecule has 172 valence electrons. The lowest BCUT2D eigenvalue weighted by molar-refractivity contribution is -0.141. The van der Waals surface area contributed by atoms with E-state index in [1.54, 1.807) is 0 Å². The summed E-state index contributed by atoms with van der Waals surface area (Å²) >= 11 is 1.44. The Morgan fingerprint density at radius 2 is 1.10 bits per heavy atom. The van der Waals surface area contributed by atoms with E-state index in [4.69, 9.17) is 5.11 Å². The Hall–Kier alpha value is -0.710. The van der Waals surface area contributed by atoms with E-state index in [0.717, 1.165) is 18.8 Å². The predicted octanol–water partition coefficient (Wildman–Crippen LogP) is 7.40. The second-order valence-corrected chi connectivity index (χ2v) is 9.97. The average molecular weight is 431 g/mol. The summed E-state index contributed by atoms with van der Waals surface area (Å²) in [4.78, 5) is 21.8. The summed E-state index contributed by atoms with van der Waals surface area (Å²) in [6.07, 6.45) is 19.1. The minimum atomic E-state index is -0.818. The maximum absolute atomic E-state index is 11.3. The molecule has 0 aliphatic carbocycles. The van der Waals surface area contributed by atoms with E-state index in [0.29, 0.717) is 17.9 Å². The van der Waals surface area contributed by atoms with Gasteiger partial charge >= 0.3 is 11.9 Å². The molecule has 0 aromatic rings. The van der Waals surface area contributed by atoms with Crippen molar-refractivity contribution in [3.63, 3.8) is 0 Å². The molecule has 1 unspecified atom stereocenters. The van der Waals surface area contributed by atoms with E-state index in [1.807, 2.05) is 0 Å². The summed E-state index contributed by atoms with van der Waals surface area (Å²) in [5.74, 6) is -0.0196. The highest BCUT2D eigenvalue weighted by Crippen LogP contribution is 2.19. The Labute approximate surface area is 183 Å². The molecule has 0 bridgehead atoms. The first-order chi connectivity index (χ1) is 13.9. The molecule has 0 rings (SSSR count). The molecule has 0 fully saturated rings. The smallest absolute Gasteiger partial charge is 0.307 e. The van der Waals surface area contributed by atoms with Crippen molar-refractivity contribution in [3.05, 3.63) is 0 Å². The lowest BCUT2D eigenvalue weighted by Crippen LogP contribution is -2.16. The molecule has 1 atom stereocenters. The number of hydrogen-bond donors (Lipinski definition) is 2. The van der Waals surface area contributed by atoms with Gasteiger partial charge < -0.3 is 10.2 Å². The Morgan fingerprint density at radius 1 is 0.690 bits per heavy atom. The van der Waals surface area contributed by atoms with E-state index in [1.165, 1.54) is 88.8 Å². The number of aliphatic carboxylic acids is 2. The molecule has 29 heavy (non-hydrogen) atoms. The molecule has 0 aliphatic heterocycles. The standard InChI is InChI=1S/C24H46O4S/c1-21(2)16-14-12-10-8-6-4-3-5-7-9-11-13-15-17-22(24(27)28)20-29-19-18-23(25)26/h21-22H,3-20H2,1-2H3,(H,25,26)(H,27,28). The number of unbranched alkanes of at least 4 members (excludes halogenated alkanes) is 12. The van der Waals surface area contributed by atoms with Gasteiger partial charge in [-0.1, -0.05) is 104 Å². The SMILES string of the molecule is CC(C)CCCCCCCCCCCCCCCC(CSCCC(=O)O)C(=O)O. The number of rotatable bonds is 22. The molecule has 0 heterocycles. The molecule has 0 saturated heterocycles. The van der Waals surface area contributed by atoms with Gasteiger partial charge in [-0.05, 0) is 12.3 Å². The van der Waals surface area contributed by atoms with Crippen molar-refractivity contribution in [2.24, 2.45) is 11.8 Å². The zero-order chi connectivity index (χ0) is 21.7.